The van der Waals surface area contributed by atoms with Crippen LogP contribution >= 0.6 is 0 Å². The minimum atomic E-state index is 0.515. The van der Waals surface area contributed by atoms with Gasteiger partial charge in [-0.25, -0.2) is 14.3 Å². The van der Waals surface area contributed by atoms with Gasteiger partial charge in [-0.3, -0.25) is 0 Å². The lowest BCUT2D eigenvalue weighted by Crippen LogP contribution is -2.10. The first-order chi connectivity index (χ1) is 13.8. The second kappa shape index (κ2) is 5.99. The molecular formula is C22H22N6. The maximum atomic E-state index is 4.99. The fourth-order valence-corrected chi connectivity index (χ4v) is 4.33. The summed E-state index contributed by atoms with van der Waals surface area (Å²) in [7, 11) is 1.92. The Kier molecular flexibility index (Phi) is 3.42. The van der Waals surface area contributed by atoms with E-state index < -0.39 is 0 Å². The molecule has 0 amide bonds. The van der Waals surface area contributed by atoms with Crippen LogP contribution in [0.15, 0.2) is 36.4 Å². The number of hydrogen-bond donors (Lipinski definition) is 0. The summed E-state index contributed by atoms with van der Waals surface area (Å²) < 4.78 is 3.90. The molecule has 6 rings (SSSR count). The van der Waals surface area contributed by atoms with Crippen molar-refractivity contribution in [2.45, 2.75) is 44.4 Å². The predicted molar refractivity (Wildman–Crippen MR) is 107 cm³/mol. The van der Waals surface area contributed by atoms with Gasteiger partial charge in [-0.15, -0.1) is 5.10 Å². The van der Waals surface area contributed by atoms with Crippen molar-refractivity contribution in [1.29, 1.82) is 0 Å². The molecule has 140 valence electrons. The third-order valence-electron chi connectivity index (χ3n) is 6.03. The molecule has 0 aliphatic heterocycles. The molecule has 6 nitrogen and oxygen atoms in total. The first-order valence-electron chi connectivity index (χ1n) is 10.2. The summed E-state index contributed by atoms with van der Waals surface area (Å²) in [6.45, 7) is 0. The third-order valence-corrected chi connectivity index (χ3v) is 6.03. The number of hydrogen-bond acceptors (Lipinski definition) is 4. The molecular weight excluding hydrogens is 348 g/mol. The summed E-state index contributed by atoms with van der Waals surface area (Å²) in [5.74, 6) is 2.41. The monoisotopic (exact) mass is 370 g/mol. The Morgan fingerprint density at radius 1 is 1.04 bits per heavy atom. The first-order valence-corrected chi connectivity index (χ1v) is 10.2. The van der Waals surface area contributed by atoms with Crippen LogP contribution in [0, 0.1) is 0 Å². The standard InChI is InChI=1S/C22H22N6/c1-27-20-13-16(11-12-18(20)24-26-27)22-23-21(15-9-10-15)25-28(22)19-8-4-6-14-5-2-3-7-17(14)19/h4,6,8,11-13,15H,2-3,5,7,9-10H2,1H3. The Hall–Kier alpha value is -3.02. The van der Waals surface area contributed by atoms with Gasteiger partial charge in [-0.1, -0.05) is 17.3 Å². The second-order valence-electron chi connectivity index (χ2n) is 8.02. The fourth-order valence-electron chi connectivity index (χ4n) is 4.33. The van der Waals surface area contributed by atoms with Crippen molar-refractivity contribution in [2.24, 2.45) is 7.05 Å². The molecule has 2 aliphatic carbocycles. The highest BCUT2D eigenvalue weighted by Crippen LogP contribution is 2.40. The average molecular weight is 370 g/mol. The van der Waals surface area contributed by atoms with Crippen LogP contribution < -0.4 is 0 Å². The van der Waals surface area contributed by atoms with E-state index in [1.807, 2.05) is 17.8 Å². The Morgan fingerprint density at radius 2 is 1.93 bits per heavy atom. The highest BCUT2D eigenvalue weighted by molar-refractivity contribution is 5.80. The summed E-state index contributed by atoms with van der Waals surface area (Å²) in [5, 5.41) is 13.3. The van der Waals surface area contributed by atoms with Crippen LogP contribution in [-0.4, -0.2) is 29.8 Å². The molecule has 1 saturated carbocycles. The van der Waals surface area contributed by atoms with Gasteiger partial charge in [0.05, 0.1) is 11.2 Å². The molecule has 0 atom stereocenters. The zero-order valence-electron chi connectivity index (χ0n) is 16.0. The minimum Gasteiger partial charge on any atom is -0.248 e. The van der Waals surface area contributed by atoms with Gasteiger partial charge in [0.15, 0.2) is 11.6 Å². The Morgan fingerprint density at radius 3 is 2.82 bits per heavy atom. The minimum absolute atomic E-state index is 0.515. The van der Waals surface area contributed by atoms with Crippen LogP contribution in [0.4, 0.5) is 0 Å². The smallest absolute Gasteiger partial charge is 0.163 e. The summed E-state index contributed by atoms with van der Waals surface area (Å²) >= 11 is 0. The Balaban J connectivity index is 1.57. The van der Waals surface area contributed by atoms with Gasteiger partial charge in [0.1, 0.15) is 5.52 Å². The van der Waals surface area contributed by atoms with E-state index in [9.17, 15) is 0 Å². The van der Waals surface area contributed by atoms with Crippen molar-refractivity contribution in [3.63, 3.8) is 0 Å². The van der Waals surface area contributed by atoms with E-state index in [1.165, 1.54) is 42.5 Å². The van der Waals surface area contributed by atoms with E-state index >= 15 is 0 Å². The lowest BCUT2D eigenvalue weighted by atomic mass is 9.90. The van der Waals surface area contributed by atoms with E-state index in [0.29, 0.717) is 5.92 Å². The molecule has 6 heteroatoms. The Labute approximate surface area is 163 Å². The highest BCUT2D eigenvalue weighted by atomic mass is 15.4. The van der Waals surface area contributed by atoms with Gasteiger partial charge < -0.3 is 0 Å². The molecule has 0 saturated heterocycles. The van der Waals surface area contributed by atoms with Crippen molar-refractivity contribution in [3.05, 3.63) is 53.3 Å². The molecule has 0 N–H and O–H groups in total. The van der Waals surface area contributed by atoms with Crippen molar-refractivity contribution in [1.82, 2.24) is 29.8 Å². The van der Waals surface area contributed by atoms with Crippen molar-refractivity contribution < 1.29 is 0 Å². The van der Waals surface area contributed by atoms with Crippen molar-refractivity contribution >= 4 is 11.0 Å². The zero-order chi connectivity index (χ0) is 18.7. The molecule has 28 heavy (non-hydrogen) atoms. The number of fused-ring (bicyclic) bond motifs is 2. The number of aryl methyl sites for hydroxylation is 2. The van der Waals surface area contributed by atoms with Crippen LogP contribution in [0.2, 0.25) is 0 Å². The zero-order valence-corrected chi connectivity index (χ0v) is 16.0. The lowest BCUT2D eigenvalue weighted by Gasteiger charge is -2.19. The maximum absolute atomic E-state index is 4.99. The number of rotatable bonds is 3. The van der Waals surface area contributed by atoms with Gasteiger partial charge in [-0.2, -0.15) is 5.10 Å². The summed E-state index contributed by atoms with van der Waals surface area (Å²) in [4.78, 5) is 4.99. The molecule has 0 bridgehead atoms. The van der Waals surface area contributed by atoms with Crippen molar-refractivity contribution in [2.75, 3.05) is 0 Å². The average Bonchev–Trinajstić information content (AvgIpc) is 3.39. The van der Waals surface area contributed by atoms with Gasteiger partial charge in [0.2, 0.25) is 0 Å². The number of aromatic nitrogens is 6. The number of nitrogens with zero attached hydrogens (tertiary/aromatic N) is 6. The second-order valence-corrected chi connectivity index (χ2v) is 8.02. The van der Waals surface area contributed by atoms with Gasteiger partial charge >= 0.3 is 0 Å². The van der Waals surface area contributed by atoms with Gasteiger partial charge in [-0.05, 0) is 73.9 Å². The fraction of sp³-hybridized carbons (Fsp3) is 0.364. The molecule has 4 aromatic rings. The molecule has 2 aromatic heterocycles. The van der Waals surface area contributed by atoms with Crippen LogP contribution in [0.1, 0.15) is 48.6 Å². The van der Waals surface area contributed by atoms with Crippen LogP contribution in [0.3, 0.4) is 0 Å². The molecule has 2 aromatic carbocycles. The molecule has 2 heterocycles. The number of benzene rings is 2. The maximum Gasteiger partial charge on any atom is 0.163 e. The highest BCUT2D eigenvalue weighted by Gasteiger charge is 2.30. The normalized spacial score (nSPS) is 16.5. The molecule has 1 fully saturated rings. The third kappa shape index (κ3) is 2.47. The topological polar surface area (TPSA) is 61.4 Å². The summed E-state index contributed by atoms with van der Waals surface area (Å²) in [6.07, 6.45) is 7.19. The predicted octanol–water partition coefficient (Wildman–Crippen LogP) is 3.97. The Bertz CT molecular complexity index is 1200. The van der Waals surface area contributed by atoms with Crippen LogP contribution in [0.25, 0.3) is 28.1 Å². The van der Waals surface area contributed by atoms with Crippen LogP contribution in [-0.2, 0) is 19.9 Å². The van der Waals surface area contributed by atoms with Crippen molar-refractivity contribution in [3.8, 4) is 17.1 Å². The van der Waals surface area contributed by atoms with Crippen LogP contribution in [0.5, 0.6) is 0 Å². The molecule has 2 aliphatic rings. The van der Waals surface area contributed by atoms with E-state index in [2.05, 4.69) is 45.3 Å². The SMILES string of the molecule is Cn1nnc2ccc(-c3nc(C4CC4)nn3-c3cccc4c3CCCC4)cc21. The van der Waals surface area contributed by atoms with Gasteiger partial charge in [0.25, 0.3) is 0 Å². The quantitative estimate of drug-likeness (QED) is 0.547. The largest absolute Gasteiger partial charge is 0.248 e. The lowest BCUT2D eigenvalue weighted by molar-refractivity contribution is 0.676. The summed E-state index contributed by atoms with van der Waals surface area (Å²) in [6, 6.07) is 12.9. The molecule has 0 radical (unpaired) electrons. The molecule has 0 spiro atoms. The van der Waals surface area contributed by atoms with E-state index in [0.717, 1.165) is 41.1 Å². The van der Waals surface area contributed by atoms with E-state index in [4.69, 9.17) is 10.1 Å². The summed E-state index contributed by atoms with van der Waals surface area (Å²) in [5.41, 5.74) is 7.06. The first kappa shape index (κ1) is 16.0. The van der Waals surface area contributed by atoms with E-state index in [1.54, 1.807) is 0 Å². The van der Waals surface area contributed by atoms with Gasteiger partial charge in [0, 0.05) is 18.5 Å². The van der Waals surface area contributed by atoms with E-state index in [-0.39, 0.29) is 0 Å². The molecule has 0 unspecified atom stereocenters.